The first-order valence-corrected chi connectivity index (χ1v) is 7.20. The highest BCUT2D eigenvalue weighted by Gasteiger charge is 2.14. The number of nitrogens with one attached hydrogen (secondary N) is 1. The van der Waals surface area contributed by atoms with E-state index < -0.39 is 11.7 Å². The van der Waals surface area contributed by atoms with Gasteiger partial charge in [0.05, 0.1) is 5.56 Å². The van der Waals surface area contributed by atoms with Gasteiger partial charge in [0.1, 0.15) is 5.82 Å². The molecule has 0 bridgehead atoms. The molecule has 6 heteroatoms. The molecule has 22 heavy (non-hydrogen) atoms. The molecule has 0 aliphatic heterocycles. The molecule has 0 fully saturated rings. The lowest BCUT2D eigenvalue weighted by molar-refractivity contribution is 0.0942. The second kappa shape index (κ2) is 7.06. The minimum Gasteiger partial charge on any atom is -0.378 e. The van der Waals surface area contributed by atoms with Gasteiger partial charge in [-0.3, -0.25) is 9.48 Å². The first-order valence-electron chi connectivity index (χ1n) is 7.20. The number of nitrogens with zero attached hydrogens (tertiary/aromatic N) is 3. The predicted molar refractivity (Wildman–Crippen MR) is 84.5 cm³/mol. The molecule has 0 aliphatic carbocycles. The standard InChI is InChI=1S/C16H21FN4O/c1-12(11-21-8-4-7-19-21)10-18-16(22)14-6-5-13(20(2)3)9-15(14)17/h4-9,12H,10-11H2,1-3H3,(H,18,22)/t12-/m1/s1. The molecule has 0 saturated heterocycles. The van der Waals surface area contributed by atoms with Crippen LogP contribution in [0.15, 0.2) is 36.7 Å². The Labute approximate surface area is 129 Å². The highest BCUT2D eigenvalue weighted by molar-refractivity contribution is 5.94. The van der Waals surface area contributed by atoms with Crippen LogP contribution in [0.1, 0.15) is 17.3 Å². The summed E-state index contributed by atoms with van der Waals surface area (Å²) in [5.74, 6) is -0.702. The molecule has 1 heterocycles. The topological polar surface area (TPSA) is 50.2 Å². The molecule has 0 unspecified atom stereocenters. The molecule has 0 saturated carbocycles. The summed E-state index contributed by atoms with van der Waals surface area (Å²) in [4.78, 5) is 13.9. The van der Waals surface area contributed by atoms with E-state index in [9.17, 15) is 9.18 Å². The van der Waals surface area contributed by atoms with Crippen LogP contribution in [0.5, 0.6) is 0 Å². The maximum Gasteiger partial charge on any atom is 0.254 e. The Hall–Kier alpha value is -2.37. The first-order chi connectivity index (χ1) is 10.5. The summed E-state index contributed by atoms with van der Waals surface area (Å²) in [5, 5.41) is 6.89. The van der Waals surface area contributed by atoms with Crippen LogP contribution in [0.2, 0.25) is 0 Å². The summed E-state index contributed by atoms with van der Waals surface area (Å²) in [7, 11) is 3.65. The lowest BCUT2D eigenvalue weighted by atomic mass is 10.1. The van der Waals surface area contributed by atoms with E-state index in [0.717, 1.165) is 5.69 Å². The summed E-state index contributed by atoms with van der Waals surface area (Å²) in [6.45, 7) is 3.18. The van der Waals surface area contributed by atoms with Gasteiger partial charge in [0.15, 0.2) is 0 Å². The van der Waals surface area contributed by atoms with Gasteiger partial charge in [-0.1, -0.05) is 6.92 Å². The number of benzene rings is 1. The van der Waals surface area contributed by atoms with Crippen LogP contribution in [-0.4, -0.2) is 36.3 Å². The minimum absolute atomic E-state index is 0.0666. The highest BCUT2D eigenvalue weighted by Crippen LogP contribution is 2.16. The molecule has 0 aliphatic rings. The SMILES string of the molecule is C[C@H](CNC(=O)c1ccc(N(C)C)cc1F)Cn1cccn1. The van der Waals surface area contributed by atoms with E-state index in [-0.39, 0.29) is 11.5 Å². The lowest BCUT2D eigenvalue weighted by Gasteiger charge is -2.15. The van der Waals surface area contributed by atoms with Crippen LogP contribution < -0.4 is 10.2 Å². The molecule has 2 rings (SSSR count). The molecule has 1 atom stereocenters. The van der Waals surface area contributed by atoms with Gasteiger partial charge >= 0.3 is 0 Å². The van der Waals surface area contributed by atoms with Crippen molar-refractivity contribution in [2.75, 3.05) is 25.5 Å². The van der Waals surface area contributed by atoms with Crippen molar-refractivity contribution in [2.24, 2.45) is 5.92 Å². The Kier molecular flexibility index (Phi) is 5.14. The van der Waals surface area contributed by atoms with E-state index in [1.807, 2.05) is 38.0 Å². The Balaban J connectivity index is 1.92. The van der Waals surface area contributed by atoms with Gasteiger partial charge in [0.2, 0.25) is 0 Å². The normalized spacial score (nSPS) is 12.0. The molecule has 1 N–H and O–H groups in total. The summed E-state index contributed by atoms with van der Waals surface area (Å²) in [6, 6.07) is 6.46. The number of anilines is 1. The molecular formula is C16H21FN4O. The summed E-state index contributed by atoms with van der Waals surface area (Å²) in [5.41, 5.74) is 0.790. The van der Waals surface area contributed by atoms with E-state index in [2.05, 4.69) is 10.4 Å². The summed E-state index contributed by atoms with van der Waals surface area (Å²) in [6.07, 6.45) is 3.59. The van der Waals surface area contributed by atoms with Crippen LogP contribution in [0.4, 0.5) is 10.1 Å². The van der Waals surface area contributed by atoms with Gasteiger partial charge < -0.3 is 10.2 Å². The highest BCUT2D eigenvalue weighted by atomic mass is 19.1. The largest absolute Gasteiger partial charge is 0.378 e. The number of carbonyl (C=O) groups is 1. The van der Waals surface area contributed by atoms with Gasteiger partial charge in [-0.25, -0.2) is 4.39 Å². The molecular weight excluding hydrogens is 283 g/mol. The number of hydrogen-bond donors (Lipinski definition) is 1. The molecule has 0 radical (unpaired) electrons. The van der Waals surface area contributed by atoms with E-state index in [1.54, 1.807) is 17.2 Å². The summed E-state index contributed by atoms with van der Waals surface area (Å²) < 4.78 is 15.8. The fourth-order valence-corrected chi connectivity index (χ4v) is 2.12. The average Bonchev–Trinajstić information content (AvgIpc) is 2.97. The molecule has 1 aromatic heterocycles. The molecule has 118 valence electrons. The monoisotopic (exact) mass is 304 g/mol. The van der Waals surface area contributed by atoms with Gasteiger partial charge in [0, 0.05) is 45.3 Å². The zero-order chi connectivity index (χ0) is 16.1. The van der Waals surface area contributed by atoms with Crippen molar-refractivity contribution in [1.29, 1.82) is 0 Å². The number of hydrogen-bond acceptors (Lipinski definition) is 3. The number of halogens is 1. The number of carbonyl (C=O) groups excluding carboxylic acids is 1. The molecule has 1 amide bonds. The fourth-order valence-electron chi connectivity index (χ4n) is 2.12. The second-order valence-electron chi connectivity index (χ2n) is 5.60. The van der Waals surface area contributed by atoms with Crippen LogP contribution in [0.25, 0.3) is 0 Å². The lowest BCUT2D eigenvalue weighted by Crippen LogP contribution is -2.30. The van der Waals surface area contributed by atoms with E-state index in [4.69, 9.17) is 0 Å². The van der Waals surface area contributed by atoms with Crippen LogP contribution in [0, 0.1) is 11.7 Å². The third kappa shape index (κ3) is 4.07. The molecule has 0 spiro atoms. The van der Waals surface area contributed by atoms with Gasteiger partial charge in [-0.15, -0.1) is 0 Å². The Morgan fingerprint density at radius 2 is 2.23 bits per heavy atom. The Morgan fingerprint density at radius 3 is 2.82 bits per heavy atom. The molecule has 5 nitrogen and oxygen atoms in total. The Bertz CT molecular complexity index is 625. The van der Waals surface area contributed by atoms with Crippen molar-refractivity contribution in [3.63, 3.8) is 0 Å². The van der Waals surface area contributed by atoms with E-state index in [0.29, 0.717) is 13.1 Å². The number of rotatable bonds is 6. The maximum atomic E-state index is 14.0. The van der Waals surface area contributed by atoms with Crippen LogP contribution in [0.3, 0.4) is 0 Å². The van der Waals surface area contributed by atoms with Crippen LogP contribution >= 0.6 is 0 Å². The van der Waals surface area contributed by atoms with Crippen molar-refractivity contribution >= 4 is 11.6 Å². The van der Waals surface area contributed by atoms with Crippen molar-refractivity contribution in [1.82, 2.24) is 15.1 Å². The third-order valence-corrected chi connectivity index (χ3v) is 3.38. The zero-order valence-electron chi connectivity index (χ0n) is 13.1. The third-order valence-electron chi connectivity index (χ3n) is 3.38. The quantitative estimate of drug-likeness (QED) is 0.889. The van der Waals surface area contributed by atoms with Crippen molar-refractivity contribution < 1.29 is 9.18 Å². The molecule has 2 aromatic rings. The van der Waals surface area contributed by atoms with E-state index >= 15 is 0 Å². The summed E-state index contributed by atoms with van der Waals surface area (Å²) >= 11 is 0. The Morgan fingerprint density at radius 1 is 1.45 bits per heavy atom. The minimum atomic E-state index is -0.511. The van der Waals surface area contributed by atoms with E-state index in [1.165, 1.54) is 12.1 Å². The maximum absolute atomic E-state index is 14.0. The van der Waals surface area contributed by atoms with Crippen molar-refractivity contribution in [3.05, 3.63) is 48.0 Å². The van der Waals surface area contributed by atoms with Crippen LogP contribution in [-0.2, 0) is 6.54 Å². The molecule has 1 aromatic carbocycles. The first kappa shape index (κ1) is 16.0. The number of aromatic nitrogens is 2. The zero-order valence-corrected chi connectivity index (χ0v) is 13.1. The smallest absolute Gasteiger partial charge is 0.254 e. The van der Waals surface area contributed by atoms with Crippen molar-refractivity contribution in [3.8, 4) is 0 Å². The second-order valence-corrected chi connectivity index (χ2v) is 5.60. The van der Waals surface area contributed by atoms with Gasteiger partial charge in [-0.2, -0.15) is 5.10 Å². The van der Waals surface area contributed by atoms with Gasteiger partial charge in [-0.05, 0) is 30.2 Å². The average molecular weight is 304 g/mol. The predicted octanol–water partition coefficient (Wildman–Crippen LogP) is 2.15. The number of amides is 1. The van der Waals surface area contributed by atoms with Gasteiger partial charge in [0.25, 0.3) is 5.91 Å². The van der Waals surface area contributed by atoms with Crippen molar-refractivity contribution in [2.45, 2.75) is 13.5 Å². The fraction of sp³-hybridized carbons (Fsp3) is 0.375.